The van der Waals surface area contributed by atoms with Crippen molar-refractivity contribution in [1.82, 2.24) is 24.8 Å². The number of anilines is 1. The highest BCUT2D eigenvalue weighted by Gasteiger charge is 2.31. The van der Waals surface area contributed by atoms with E-state index in [2.05, 4.69) is 20.7 Å². The van der Waals surface area contributed by atoms with E-state index in [-0.39, 0.29) is 11.9 Å². The molecule has 0 saturated carbocycles. The number of rotatable bonds is 3. The molecule has 128 valence electrons. The number of benzene rings is 1. The van der Waals surface area contributed by atoms with Gasteiger partial charge in [0.05, 0.1) is 13.1 Å². The number of aryl methyl sites for hydroxylation is 1. The molecule has 3 aromatic rings. The molecule has 8 nitrogen and oxygen atoms in total. The molecule has 0 spiro atoms. The van der Waals surface area contributed by atoms with Crippen LogP contribution in [0.2, 0.25) is 0 Å². The predicted octanol–water partition coefficient (Wildman–Crippen LogP) is 1.69. The minimum Gasteiger partial charge on any atom is -0.364 e. The van der Waals surface area contributed by atoms with Gasteiger partial charge >= 0.3 is 0 Å². The lowest BCUT2D eigenvalue weighted by atomic mass is 10.1. The number of fused-ring (bicyclic) bond motifs is 1. The zero-order valence-corrected chi connectivity index (χ0v) is 14.0. The van der Waals surface area contributed by atoms with Crippen LogP contribution in [0.3, 0.4) is 0 Å². The normalized spacial score (nSPS) is 17.3. The lowest BCUT2D eigenvalue weighted by molar-refractivity contribution is -0.122. The van der Waals surface area contributed by atoms with Gasteiger partial charge in [-0.2, -0.15) is 0 Å². The highest BCUT2D eigenvalue weighted by Crippen LogP contribution is 2.22. The summed E-state index contributed by atoms with van der Waals surface area (Å²) in [5, 5.41) is 15.2. The smallest absolute Gasteiger partial charge is 0.243 e. The van der Waals surface area contributed by atoms with Crippen LogP contribution < -0.4 is 5.32 Å². The summed E-state index contributed by atoms with van der Waals surface area (Å²) in [5.41, 5.74) is 2.35. The Morgan fingerprint density at radius 3 is 3.00 bits per heavy atom. The van der Waals surface area contributed by atoms with Crippen LogP contribution >= 0.6 is 0 Å². The largest absolute Gasteiger partial charge is 0.364 e. The molecule has 4 rings (SSSR count). The van der Waals surface area contributed by atoms with E-state index in [1.165, 1.54) is 6.26 Å². The van der Waals surface area contributed by atoms with Crippen molar-refractivity contribution < 1.29 is 9.32 Å². The van der Waals surface area contributed by atoms with Gasteiger partial charge in [-0.1, -0.05) is 17.3 Å². The first-order chi connectivity index (χ1) is 12.1. The van der Waals surface area contributed by atoms with Crippen LogP contribution in [0.5, 0.6) is 0 Å². The first-order valence-electron chi connectivity index (χ1n) is 8.02. The predicted molar refractivity (Wildman–Crippen MR) is 90.6 cm³/mol. The molecule has 1 aliphatic rings. The van der Waals surface area contributed by atoms with Crippen molar-refractivity contribution in [2.75, 3.05) is 12.4 Å². The van der Waals surface area contributed by atoms with Crippen molar-refractivity contribution in [3.63, 3.8) is 0 Å². The van der Waals surface area contributed by atoms with Gasteiger partial charge < -0.3 is 14.4 Å². The number of hydrogen-bond acceptors (Lipinski definition) is 6. The van der Waals surface area contributed by atoms with Crippen LogP contribution in [-0.4, -0.2) is 43.8 Å². The molecule has 0 radical (unpaired) electrons. The summed E-state index contributed by atoms with van der Waals surface area (Å²) in [4.78, 5) is 14.8. The zero-order chi connectivity index (χ0) is 17.4. The lowest BCUT2D eigenvalue weighted by Crippen LogP contribution is -2.48. The summed E-state index contributed by atoms with van der Waals surface area (Å²) >= 11 is 0. The Labute approximate surface area is 144 Å². The van der Waals surface area contributed by atoms with E-state index in [0.29, 0.717) is 13.1 Å². The number of amides is 1. The Hall–Kier alpha value is -3.00. The number of carbonyl (C=O) groups excluding carboxylic acids is 1. The van der Waals surface area contributed by atoms with Crippen LogP contribution in [0, 0.1) is 6.92 Å². The van der Waals surface area contributed by atoms with Crippen LogP contribution in [0.1, 0.15) is 11.6 Å². The van der Waals surface area contributed by atoms with Gasteiger partial charge in [-0.3, -0.25) is 9.69 Å². The zero-order valence-electron chi connectivity index (χ0n) is 14.0. The molecule has 25 heavy (non-hydrogen) atoms. The summed E-state index contributed by atoms with van der Waals surface area (Å²) in [7, 11) is 1.92. The fraction of sp³-hybridized carbons (Fsp3) is 0.294. The Balaban J connectivity index is 1.53. The van der Waals surface area contributed by atoms with Gasteiger partial charge in [0.25, 0.3) is 0 Å². The van der Waals surface area contributed by atoms with Crippen molar-refractivity contribution in [2.24, 2.45) is 0 Å². The highest BCUT2D eigenvalue weighted by molar-refractivity contribution is 5.95. The Morgan fingerprint density at radius 2 is 2.20 bits per heavy atom. The molecule has 1 atom stereocenters. The third-order valence-corrected chi connectivity index (χ3v) is 4.46. The Morgan fingerprint density at radius 1 is 1.32 bits per heavy atom. The van der Waals surface area contributed by atoms with Crippen molar-refractivity contribution in [3.05, 3.63) is 48.2 Å². The first-order valence-corrected chi connectivity index (χ1v) is 8.02. The van der Waals surface area contributed by atoms with Crippen LogP contribution in [0.15, 0.2) is 41.1 Å². The monoisotopic (exact) mass is 338 g/mol. The molecule has 1 amide bonds. The van der Waals surface area contributed by atoms with E-state index in [1.807, 2.05) is 47.7 Å². The number of aromatic nitrogens is 4. The molecule has 0 saturated heterocycles. The second kappa shape index (κ2) is 6.14. The lowest BCUT2D eigenvalue weighted by Gasteiger charge is -2.32. The van der Waals surface area contributed by atoms with Gasteiger partial charge in [0.15, 0.2) is 0 Å². The minimum atomic E-state index is -0.280. The Kier molecular flexibility index (Phi) is 3.81. The molecule has 1 aromatic carbocycles. The third kappa shape index (κ3) is 2.91. The van der Waals surface area contributed by atoms with E-state index in [0.717, 1.165) is 28.6 Å². The van der Waals surface area contributed by atoms with Crippen molar-refractivity contribution >= 4 is 11.6 Å². The quantitative estimate of drug-likeness (QED) is 0.782. The number of carbonyl (C=O) groups is 1. The standard InChI is InChI=1S/C17H18N6O2/c1-11-19-20-16-10-22(2)15(9-23(11)16)17(24)18-13-5-3-4-12(8-13)14-6-7-25-21-14/h3-8,15H,9-10H2,1-2H3,(H,18,24). The summed E-state index contributed by atoms with van der Waals surface area (Å²) in [6.07, 6.45) is 1.52. The average Bonchev–Trinajstić information content (AvgIpc) is 3.25. The highest BCUT2D eigenvalue weighted by atomic mass is 16.5. The maximum atomic E-state index is 12.8. The molecule has 3 heterocycles. The van der Waals surface area contributed by atoms with Crippen molar-refractivity contribution in [2.45, 2.75) is 26.1 Å². The SMILES string of the molecule is Cc1nnc2n1CC(C(=O)Nc1cccc(-c3ccon3)c1)N(C)C2. The van der Waals surface area contributed by atoms with E-state index < -0.39 is 0 Å². The van der Waals surface area contributed by atoms with Crippen molar-refractivity contribution in [3.8, 4) is 11.3 Å². The molecule has 1 aliphatic heterocycles. The fourth-order valence-electron chi connectivity index (χ4n) is 3.05. The van der Waals surface area contributed by atoms with Crippen LogP contribution in [0.25, 0.3) is 11.3 Å². The number of likely N-dealkylation sites (N-methyl/N-ethyl adjacent to an activating group) is 1. The van der Waals surface area contributed by atoms with E-state index in [1.54, 1.807) is 6.07 Å². The van der Waals surface area contributed by atoms with E-state index in [9.17, 15) is 4.79 Å². The second-order valence-corrected chi connectivity index (χ2v) is 6.16. The molecule has 1 unspecified atom stereocenters. The summed E-state index contributed by atoms with van der Waals surface area (Å²) in [6.45, 7) is 3.04. The third-order valence-electron chi connectivity index (χ3n) is 4.46. The maximum Gasteiger partial charge on any atom is 0.243 e. The molecular formula is C17H18N6O2. The van der Waals surface area contributed by atoms with Gasteiger partial charge in [0.1, 0.15) is 29.6 Å². The van der Waals surface area contributed by atoms with Gasteiger partial charge in [-0.15, -0.1) is 10.2 Å². The topological polar surface area (TPSA) is 89.1 Å². The minimum absolute atomic E-state index is 0.0569. The van der Waals surface area contributed by atoms with Gasteiger partial charge in [-0.25, -0.2) is 0 Å². The molecule has 2 aromatic heterocycles. The first kappa shape index (κ1) is 15.5. The van der Waals surface area contributed by atoms with Crippen LogP contribution in [0.4, 0.5) is 5.69 Å². The van der Waals surface area contributed by atoms with Gasteiger partial charge in [0.2, 0.25) is 5.91 Å². The average molecular weight is 338 g/mol. The molecule has 0 bridgehead atoms. The summed E-state index contributed by atoms with van der Waals surface area (Å²) in [5.74, 6) is 1.66. The van der Waals surface area contributed by atoms with Crippen LogP contribution in [-0.2, 0) is 17.9 Å². The molecule has 1 N–H and O–H groups in total. The molecule has 0 aliphatic carbocycles. The Bertz CT molecular complexity index is 902. The number of nitrogens with zero attached hydrogens (tertiary/aromatic N) is 5. The number of nitrogens with one attached hydrogen (secondary N) is 1. The van der Waals surface area contributed by atoms with Gasteiger partial charge in [0, 0.05) is 17.3 Å². The maximum absolute atomic E-state index is 12.8. The fourth-order valence-corrected chi connectivity index (χ4v) is 3.05. The molecular weight excluding hydrogens is 320 g/mol. The van der Waals surface area contributed by atoms with E-state index in [4.69, 9.17) is 4.52 Å². The second-order valence-electron chi connectivity index (χ2n) is 6.16. The van der Waals surface area contributed by atoms with Crippen molar-refractivity contribution in [1.29, 1.82) is 0 Å². The summed E-state index contributed by atoms with van der Waals surface area (Å²) in [6, 6.07) is 9.05. The summed E-state index contributed by atoms with van der Waals surface area (Å²) < 4.78 is 6.87. The van der Waals surface area contributed by atoms with E-state index >= 15 is 0 Å². The molecule has 0 fully saturated rings. The molecule has 8 heteroatoms. The van der Waals surface area contributed by atoms with Gasteiger partial charge in [-0.05, 0) is 26.1 Å². The number of hydrogen-bond donors (Lipinski definition) is 1.